The van der Waals surface area contributed by atoms with E-state index < -0.39 is 5.41 Å². The van der Waals surface area contributed by atoms with Gasteiger partial charge in [-0.1, -0.05) is 178 Å². The van der Waals surface area contributed by atoms with Crippen molar-refractivity contribution in [2.75, 3.05) is 0 Å². The van der Waals surface area contributed by atoms with Gasteiger partial charge in [0.15, 0.2) is 0 Å². The SMILES string of the molecule is C=C(CC)C1=C(c2cc(CCCC#N)c(-c3cc(O)cc4ccccc34)c(F)c2CCC)C(CC)(CCCC(C)C)C(=O)N1.CC.CC.CCCCC(CC)C(C)CC. The smallest absolute Gasteiger partial charge is 0.235 e. The Labute approximate surface area is 361 Å². The van der Waals surface area contributed by atoms with Crippen molar-refractivity contribution in [2.24, 2.45) is 23.2 Å². The molecule has 1 aliphatic heterocycles. The highest BCUT2D eigenvalue weighted by molar-refractivity contribution is 6.06. The molecule has 0 fully saturated rings. The van der Waals surface area contributed by atoms with Gasteiger partial charge in [0.2, 0.25) is 5.91 Å². The van der Waals surface area contributed by atoms with Crippen LogP contribution in [0.25, 0.3) is 27.5 Å². The Morgan fingerprint density at radius 3 is 2.12 bits per heavy atom. The highest BCUT2D eigenvalue weighted by Gasteiger charge is 2.48. The van der Waals surface area contributed by atoms with E-state index in [0.717, 1.165) is 69.8 Å². The fourth-order valence-corrected chi connectivity index (χ4v) is 8.55. The molecule has 1 amide bonds. The van der Waals surface area contributed by atoms with Crippen LogP contribution in [0.15, 0.2) is 60.3 Å². The number of allylic oxidation sites excluding steroid dienone is 1. The number of benzene rings is 3. The molecule has 3 aromatic carbocycles. The van der Waals surface area contributed by atoms with Crippen LogP contribution >= 0.6 is 0 Å². The molecule has 0 spiro atoms. The standard InChI is InChI=1S/C39H47FN2O2.C11H24.2C2H6/c1-7-15-31-33(35-37(26(6)8-2)42-38(44)39(35,9-3)20-14-16-25(4)5)23-28(18-12-13-21-41)34(36(31)40)32-24-29(43)22-27-17-10-11-19-30(27)32;1-5-8-9-11(7-3)10(4)6-2;2*1-2/h10-11,17,19,22-25,43H,6-9,12-16,18,20H2,1-5H3,(H,42,44);10-11H,5-9H2,1-4H3;2*1-2H3. The third kappa shape index (κ3) is 13.8. The summed E-state index contributed by atoms with van der Waals surface area (Å²) in [7, 11) is 0. The van der Waals surface area contributed by atoms with Gasteiger partial charge in [-0.25, -0.2) is 4.39 Å². The van der Waals surface area contributed by atoms with Gasteiger partial charge >= 0.3 is 0 Å². The molecule has 4 rings (SSSR count). The average Bonchev–Trinajstić information content (AvgIpc) is 3.54. The number of hydrogen-bond acceptors (Lipinski definition) is 3. The van der Waals surface area contributed by atoms with E-state index in [2.05, 4.69) is 72.5 Å². The number of phenols is 1. The summed E-state index contributed by atoms with van der Waals surface area (Å²) < 4.78 is 17.4. The van der Waals surface area contributed by atoms with Crippen LogP contribution in [0.5, 0.6) is 5.75 Å². The Morgan fingerprint density at radius 2 is 1.56 bits per heavy atom. The van der Waals surface area contributed by atoms with Crippen molar-refractivity contribution in [1.29, 1.82) is 5.26 Å². The summed E-state index contributed by atoms with van der Waals surface area (Å²) in [5.74, 6) is 2.17. The maximum atomic E-state index is 17.4. The maximum absolute atomic E-state index is 17.4. The number of aryl methyl sites for hydroxylation is 1. The van der Waals surface area contributed by atoms with E-state index in [1.807, 2.05) is 65.8 Å². The number of aromatic hydroxyl groups is 1. The number of rotatable bonds is 20. The van der Waals surface area contributed by atoms with Crippen LogP contribution in [-0.2, 0) is 17.6 Å². The number of carbonyl (C=O) groups is 1. The number of phenolic OH excluding ortho intramolecular Hbond substituents is 1. The largest absolute Gasteiger partial charge is 0.508 e. The van der Waals surface area contributed by atoms with Gasteiger partial charge in [0.1, 0.15) is 11.6 Å². The van der Waals surface area contributed by atoms with Crippen molar-refractivity contribution in [3.8, 4) is 22.9 Å². The van der Waals surface area contributed by atoms with Crippen LogP contribution < -0.4 is 5.32 Å². The fraction of sp³-hybridized carbons (Fsp3) is 0.593. The van der Waals surface area contributed by atoms with Gasteiger partial charge in [-0.15, -0.1) is 0 Å². The van der Waals surface area contributed by atoms with Gasteiger partial charge in [-0.05, 0) is 113 Å². The number of unbranched alkanes of at least 4 members (excludes halogenated alkanes) is 2. The molecule has 1 aliphatic rings. The van der Waals surface area contributed by atoms with E-state index in [1.165, 1.54) is 32.1 Å². The van der Waals surface area contributed by atoms with Crippen LogP contribution in [-0.4, -0.2) is 11.0 Å². The minimum atomic E-state index is -0.791. The van der Waals surface area contributed by atoms with Crippen molar-refractivity contribution in [1.82, 2.24) is 5.32 Å². The lowest BCUT2D eigenvalue weighted by molar-refractivity contribution is -0.126. The third-order valence-electron chi connectivity index (χ3n) is 12.1. The minimum Gasteiger partial charge on any atom is -0.508 e. The number of fused-ring (bicyclic) bond motifs is 1. The predicted molar refractivity (Wildman–Crippen MR) is 255 cm³/mol. The van der Waals surface area contributed by atoms with Crippen LogP contribution in [0.1, 0.15) is 190 Å². The second-order valence-corrected chi connectivity index (χ2v) is 16.3. The molecular weight excluding hydrogens is 728 g/mol. The summed E-state index contributed by atoms with van der Waals surface area (Å²) in [4.78, 5) is 14.0. The lowest BCUT2D eigenvalue weighted by atomic mass is 9.69. The molecule has 2 N–H and O–H groups in total. The summed E-state index contributed by atoms with van der Waals surface area (Å²) in [6, 6.07) is 15.4. The molecule has 0 bridgehead atoms. The molecule has 3 atom stereocenters. The zero-order chi connectivity index (χ0) is 44.7. The molecule has 3 unspecified atom stereocenters. The maximum Gasteiger partial charge on any atom is 0.235 e. The number of halogens is 1. The monoisotopic (exact) mass is 811 g/mol. The lowest BCUT2D eigenvalue weighted by Gasteiger charge is -2.31. The van der Waals surface area contributed by atoms with E-state index in [0.29, 0.717) is 67.6 Å². The second kappa shape index (κ2) is 27.8. The number of nitriles is 1. The molecule has 59 heavy (non-hydrogen) atoms. The molecule has 0 radical (unpaired) electrons. The van der Waals surface area contributed by atoms with E-state index in [4.69, 9.17) is 0 Å². The summed E-state index contributed by atoms with van der Waals surface area (Å²) in [5, 5.41) is 25.0. The Bertz CT molecular complexity index is 1810. The van der Waals surface area contributed by atoms with Crippen molar-refractivity contribution < 1.29 is 14.3 Å². The summed E-state index contributed by atoms with van der Waals surface area (Å²) >= 11 is 0. The molecule has 0 aromatic heterocycles. The number of hydrogen-bond donors (Lipinski definition) is 2. The molecular formula is C54H83FN2O2. The topological polar surface area (TPSA) is 73.1 Å². The van der Waals surface area contributed by atoms with Crippen molar-refractivity contribution in [2.45, 2.75) is 186 Å². The van der Waals surface area contributed by atoms with Crippen LogP contribution in [0, 0.1) is 40.3 Å². The predicted octanol–water partition coefficient (Wildman–Crippen LogP) is 16.5. The number of carbonyl (C=O) groups excluding carboxylic acids is 1. The zero-order valence-electron chi connectivity index (χ0n) is 39.8. The first-order valence-electron chi connectivity index (χ1n) is 23.6. The number of nitrogens with one attached hydrogen (secondary N) is 1. The Morgan fingerprint density at radius 1 is 0.881 bits per heavy atom. The molecule has 5 heteroatoms. The summed E-state index contributed by atoms with van der Waals surface area (Å²) in [6.45, 7) is 32.2. The summed E-state index contributed by atoms with van der Waals surface area (Å²) in [5.41, 5.74) is 4.91. The first-order valence-corrected chi connectivity index (χ1v) is 23.6. The molecule has 0 saturated heterocycles. The Balaban J connectivity index is 0.000000996. The van der Waals surface area contributed by atoms with Gasteiger partial charge in [0.25, 0.3) is 0 Å². The molecule has 0 aliphatic carbocycles. The number of nitrogens with zero attached hydrogens (tertiary/aromatic N) is 1. The van der Waals surface area contributed by atoms with Gasteiger partial charge in [0.05, 0.1) is 11.5 Å². The molecule has 4 nitrogen and oxygen atoms in total. The first kappa shape index (κ1) is 53.1. The Hall–Kier alpha value is -3.91. The normalized spacial score (nSPS) is 15.6. The lowest BCUT2D eigenvalue weighted by Crippen LogP contribution is -2.34. The average molecular weight is 811 g/mol. The fourth-order valence-electron chi connectivity index (χ4n) is 8.55. The van der Waals surface area contributed by atoms with Crippen LogP contribution in [0.2, 0.25) is 0 Å². The highest BCUT2D eigenvalue weighted by Crippen LogP contribution is 2.52. The highest BCUT2D eigenvalue weighted by atomic mass is 19.1. The van der Waals surface area contributed by atoms with Crippen molar-refractivity contribution in [3.05, 3.63) is 82.8 Å². The molecule has 1 heterocycles. The third-order valence-corrected chi connectivity index (χ3v) is 12.1. The molecule has 3 aromatic rings. The zero-order valence-corrected chi connectivity index (χ0v) is 39.8. The minimum absolute atomic E-state index is 0.0275. The van der Waals surface area contributed by atoms with Gasteiger partial charge in [-0.3, -0.25) is 4.79 Å². The van der Waals surface area contributed by atoms with Crippen LogP contribution in [0.3, 0.4) is 0 Å². The first-order chi connectivity index (χ1) is 28.4. The van der Waals surface area contributed by atoms with E-state index in [-0.39, 0.29) is 17.5 Å². The number of amides is 1. The summed E-state index contributed by atoms with van der Waals surface area (Å²) in [6.07, 6.45) is 13.4. The van der Waals surface area contributed by atoms with Gasteiger partial charge < -0.3 is 10.4 Å². The van der Waals surface area contributed by atoms with E-state index >= 15 is 4.39 Å². The van der Waals surface area contributed by atoms with Gasteiger partial charge in [0, 0.05) is 17.7 Å². The van der Waals surface area contributed by atoms with Crippen molar-refractivity contribution >= 4 is 22.3 Å². The van der Waals surface area contributed by atoms with E-state index in [1.54, 1.807) is 12.1 Å². The van der Waals surface area contributed by atoms with Crippen LogP contribution in [0.4, 0.5) is 4.39 Å². The van der Waals surface area contributed by atoms with Crippen molar-refractivity contribution in [3.63, 3.8) is 0 Å². The second-order valence-electron chi connectivity index (χ2n) is 16.3. The molecule has 0 saturated carbocycles. The quantitative estimate of drug-likeness (QED) is 0.112. The Kier molecular flexibility index (Phi) is 25.0. The van der Waals surface area contributed by atoms with Gasteiger partial charge in [-0.2, -0.15) is 5.26 Å². The molecule has 328 valence electrons. The van der Waals surface area contributed by atoms with E-state index in [9.17, 15) is 15.2 Å².